The van der Waals surface area contributed by atoms with Crippen LogP contribution in [-0.4, -0.2) is 20.4 Å². The number of benzene rings is 2. The highest BCUT2D eigenvalue weighted by Crippen LogP contribution is 2.17. The van der Waals surface area contributed by atoms with Crippen LogP contribution >= 0.6 is 0 Å². The van der Waals surface area contributed by atoms with Gasteiger partial charge in [-0.3, -0.25) is 9.36 Å². The minimum atomic E-state index is -0.193. The molecule has 26 heavy (non-hydrogen) atoms. The van der Waals surface area contributed by atoms with E-state index in [9.17, 15) is 4.79 Å². The molecule has 0 aliphatic carbocycles. The second-order valence-corrected chi connectivity index (χ2v) is 6.05. The second kappa shape index (κ2) is 6.76. The fourth-order valence-electron chi connectivity index (χ4n) is 2.98. The number of carbonyl (C=O) groups is 1. The molecule has 1 amide bonds. The van der Waals surface area contributed by atoms with Crippen molar-refractivity contribution in [1.29, 1.82) is 0 Å². The molecule has 2 aromatic carbocycles. The van der Waals surface area contributed by atoms with E-state index in [2.05, 4.69) is 27.4 Å². The van der Waals surface area contributed by atoms with Gasteiger partial charge in [0.15, 0.2) is 18.5 Å². The minimum absolute atomic E-state index is 0.193. The molecule has 4 aromatic rings. The van der Waals surface area contributed by atoms with Crippen molar-refractivity contribution in [2.24, 2.45) is 7.05 Å². The van der Waals surface area contributed by atoms with E-state index in [-0.39, 0.29) is 5.91 Å². The van der Waals surface area contributed by atoms with Crippen LogP contribution in [0.25, 0.3) is 11.2 Å². The number of imidazole rings is 1. The number of aromatic nitrogens is 4. The van der Waals surface area contributed by atoms with Crippen LogP contribution in [0, 0.1) is 0 Å². The molecule has 128 valence electrons. The number of amides is 1. The number of aryl methyl sites for hydroxylation is 1. The highest BCUT2D eigenvalue weighted by atomic mass is 16.1. The molecule has 6 nitrogen and oxygen atoms in total. The van der Waals surface area contributed by atoms with Crippen molar-refractivity contribution in [3.63, 3.8) is 0 Å². The molecule has 2 heterocycles. The van der Waals surface area contributed by atoms with Gasteiger partial charge in [0.05, 0.1) is 13.6 Å². The van der Waals surface area contributed by atoms with E-state index in [0.717, 1.165) is 11.2 Å². The quantitative estimate of drug-likeness (QED) is 0.579. The largest absolute Gasteiger partial charge is 0.307 e. The lowest BCUT2D eigenvalue weighted by Gasteiger charge is -2.04. The summed E-state index contributed by atoms with van der Waals surface area (Å²) in [6, 6.07) is 19.3. The van der Waals surface area contributed by atoms with Gasteiger partial charge in [0.1, 0.15) is 0 Å². The zero-order valence-corrected chi connectivity index (χ0v) is 14.3. The van der Waals surface area contributed by atoms with Gasteiger partial charge in [-0.05, 0) is 17.7 Å². The Balaban J connectivity index is 1.70. The summed E-state index contributed by atoms with van der Waals surface area (Å²) >= 11 is 0. The molecule has 0 saturated heterocycles. The molecule has 2 aromatic heterocycles. The summed E-state index contributed by atoms with van der Waals surface area (Å²) < 4.78 is 3.98. The molecule has 0 saturated carbocycles. The molecule has 1 N–H and O–H groups in total. The molecule has 0 aliphatic rings. The van der Waals surface area contributed by atoms with Crippen LogP contribution < -0.4 is 9.88 Å². The smallest absolute Gasteiger partial charge is 0.303 e. The van der Waals surface area contributed by atoms with Gasteiger partial charge in [-0.2, -0.15) is 4.98 Å². The minimum Gasteiger partial charge on any atom is -0.303 e. The van der Waals surface area contributed by atoms with Crippen LogP contribution in [0.1, 0.15) is 15.9 Å². The Morgan fingerprint density at radius 2 is 1.73 bits per heavy atom. The molecule has 0 atom stereocenters. The lowest BCUT2D eigenvalue weighted by Crippen LogP contribution is -2.33. The monoisotopic (exact) mass is 344 g/mol. The number of rotatable bonds is 4. The molecule has 0 fully saturated rings. The van der Waals surface area contributed by atoms with Crippen molar-refractivity contribution >= 4 is 22.9 Å². The maximum absolute atomic E-state index is 12.5. The van der Waals surface area contributed by atoms with Gasteiger partial charge in [0.2, 0.25) is 5.52 Å². The van der Waals surface area contributed by atoms with E-state index in [1.165, 1.54) is 11.9 Å². The predicted molar refractivity (Wildman–Crippen MR) is 98.6 cm³/mol. The van der Waals surface area contributed by atoms with E-state index < -0.39 is 0 Å². The van der Waals surface area contributed by atoms with Crippen LogP contribution in [0.4, 0.5) is 5.82 Å². The highest BCUT2D eigenvalue weighted by Gasteiger charge is 2.21. The fourth-order valence-corrected chi connectivity index (χ4v) is 2.98. The number of anilines is 1. The standard InChI is InChI=1S/C20H17N5O/c1-24-14-25(12-15-8-4-2-5-9-15)19-17(24)18(21-13-22-19)23-20(26)16-10-6-3-7-11-16/h2-11,13-14H,12H2,1H3/p+1. The Hall–Kier alpha value is -3.54. The molecule has 6 heteroatoms. The summed E-state index contributed by atoms with van der Waals surface area (Å²) in [5, 5.41) is 2.90. The van der Waals surface area contributed by atoms with E-state index in [1.807, 2.05) is 58.9 Å². The number of hydrogen-bond donors (Lipinski definition) is 1. The molecule has 0 radical (unpaired) electrons. The Morgan fingerprint density at radius 3 is 2.46 bits per heavy atom. The number of fused-ring (bicyclic) bond motifs is 1. The maximum atomic E-state index is 12.5. The summed E-state index contributed by atoms with van der Waals surface area (Å²) in [6.07, 6.45) is 3.44. The SMILES string of the molecule is Cn1c[n+](Cc2ccccc2)c2ncnc(NC(=O)c3ccccc3)c21. The second-order valence-electron chi connectivity index (χ2n) is 6.05. The van der Waals surface area contributed by atoms with Gasteiger partial charge in [-0.15, -0.1) is 0 Å². The van der Waals surface area contributed by atoms with Gasteiger partial charge in [-0.1, -0.05) is 53.5 Å². The first-order valence-corrected chi connectivity index (χ1v) is 8.32. The average Bonchev–Trinajstić information content (AvgIpc) is 3.00. The van der Waals surface area contributed by atoms with Gasteiger partial charge in [0.25, 0.3) is 5.91 Å². The first kappa shape index (κ1) is 16.0. The summed E-state index contributed by atoms with van der Waals surface area (Å²) in [6.45, 7) is 0.696. The van der Waals surface area contributed by atoms with E-state index in [1.54, 1.807) is 12.1 Å². The summed E-state index contributed by atoms with van der Waals surface area (Å²) in [4.78, 5) is 21.2. The summed E-state index contributed by atoms with van der Waals surface area (Å²) in [5.74, 6) is 0.305. The molecule has 0 unspecified atom stereocenters. The number of nitrogens with zero attached hydrogens (tertiary/aromatic N) is 4. The molecule has 0 aliphatic heterocycles. The van der Waals surface area contributed by atoms with Gasteiger partial charge < -0.3 is 5.32 Å². The fraction of sp³-hybridized carbons (Fsp3) is 0.100. The van der Waals surface area contributed by atoms with Crippen molar-refractivity contribution < 1.29 is 9.36 Å². The normalized spacial score (nSPS) is 10.8. The van der Waals surface area contributed by atoms with Gasteiger partial charge in [0, 0.05) is 5.56 Å². The van der Waals surface area contributed by atoms with E-state index in [4.69, 9.17) is 0 Å². The van der Waals surface area contributed by atoms with E-state index >= 15 is 0 Å². The van der Waals surface area contributed by atoms with Gasteiger partial charge in [-0.25, -0.2) is 4.57 Å². The van der Waals surface area contributed by atoms with Crippen molar-refractivity contribution in [2.75, 3.05) is 5.32 Å². The van der Waals surface area contributed by atoms with Crippen LogP contribution in [0.15, 0.2) is 73.3 Å². The Bertz CT molecular complexity index is 1060. The highest BCUT2D eigenvalue weighted by molar-refractivity contribution is 6.06. The first-order valence-electron chi connectivity index (χ1n) is 8.32. The molecular formula is C20H18N5O+. The predicted octanol–water partition coefficient (Wildman–Crippen LogP) is 2.56. The topological polar surface area (TPSA) is 63.7 Å². The van der Waals surface area contributed by atoms with Crippen molar-refractivity contribution in [2.45, 2.75) is 6.54 Å². The van der Waals surface area contributed by atoms with Crippen LogP contribution in [-0.2, 0) is 13.6 Å². The molecular weight excluding hydrogens is 326 g/mol. The lowest BCUT2D eigenvalue weighted by atomic mass is 10.2. The molecule has 4 rings (SSSR count). The van der Waals surface area contributed by atoms with Gasteiger partial charge >= 0.3 is 5.65 Å². The lowest BCUT2D eigenvalue weighted by molar-refractivity contribution is -0.665. The average molecular weight is 344 g/mol. The third-order valence-corrected chi connectivity index (χ3v) is 4.20. The summed E-state index contributed by atoms with van der Waals surface area (Å²) in [5.41, 5.74) is 3.33. The van der Waals surface area contributed by atoms with Crippen molar-refractivity contribution in [1.82, 2.24) is 14.5 Å². The third-order valence-electron chi connectivity index (χ3n) is 4.20. The molecule has 0 spiro atoms. The Morgan fingerprint density at radius 1 is 1.04 bits per heavy atom. The maximum Gasteiger partial charge on any atom is 0.307 e. The Kier molecular flexibility index (Phi) is 4.15. The molecule has 0 bridgehead atoms. The third kappa shape index (κ3) is 3.04. The Labute approximate surface area is 150 Å². The van der Waals surface area contributed by atoms with Crippen LogP contribution in [0.5, 0.6) is 0 Å². The first-order chi connectivity index (χ1) is 12.7. The van der Waals surface area contributed by atoms with E-state index in [0.29, 0.717) is 17.9 Å². The number of carbonyl (C=O) groups excluding carboxylic acids is 1. The van der Waals surface area contributed by atoms with Crippen molar-refractivity contribution in [3.8, 4) is 0 Å². The van der Waals surface area contributed by atoms with Crippen molar-refractivity contribution in [3.05, 3.63) is 84.4 Å². The number of nitrogens with one attached hydrogen (secondary N) is 1. The number of hydrogen-bond acceptors (Lipinski definition) is 3. The van der Waals surface area contributed by atoms with Crippen LogP contribution in [0.3, 0.4) is 0 Å². The summed E-state index contributed by atoms with van der Waals surface area (Å²) in [7, 11) is 1.92. The zero-order chi connectivity index (χ0) is 17.9. The zero-order valence-electron chi connectivity index (χ0n) is 14.3. The van der Waals surface area contributed by atoms with Crippen LogP contribution in [0.2, 0.25) is 0 Å².